The maximum absolute atomic E-state index is 11.6. The Balaban J connectivity index is 2.96. The van der Waals surface area contributed by atoms with Crippen LogP contribution in [0.4, 0.5) is 0 Å². The molecular formula is C13H12ClO5-. The zero-order valence-corrected chi connectivity index (χ0v) is 11.1. The number of benzene rings is 1. The van der Waals surface area contributed by atoms with Gasteiger partial charge in [0, 0.05) is 16.7 Å². The molecule has 6 heteroatoms. The molecule has 1 aromatic rings. The fourth-order valence-electron chi connectivity index (χ4n) is 1.31. The van der Waals surface area contributed by atoms with E-state index in [0.717, 1.165) is 6.08 Å². The molecule has 19 heavy (non-hydrogen) atoms. The van der Waals surface area contributed by atoms with E-state index in [4.69, 9.17) is 16.3 Å². The summed E-state index contributed by atoms with van der Waals surface area (Å²) in [5.41, 5.74) is 0.404. The van der Waals surface area contributed by atoms with Crippen molar-refractivity contribution in [2.45, 2.75) is 13.0 Å². The van der Waals surface area contributed by atoms with Crippen LogP contribution in [0.2, 0.25) is 5.02 Å². The Morgan fingerprint density at radius 2 is 1.89 bits per heavy atom. The number of carbonyl (C=O) groups is 2. The van der Waals surface area contributed by atoms with Gasteiger partial charge in [0.25, 0.3) is 0 Å². The first-order valence-electron chi connectivity index (χ1n) is 5.33. The SMILES string of the molecule is COC(=O)C(OC(=O)/C=C(/C)[O-])c1ccc(Cl)cc1. The summed E-state index contributed by atoms with van der Waals surface area (Å²) in [6, 6.07) is 6.17. The average molecular weight is 284 g/mol. The molecule has 0 aromatic heterocycles. The second-order valence-corrected chi connectivity index (χ2v) is 4.08. The van der Waals surface area contributed by atoms with E-state index in [1.54, 1.807) is 12.1 Å². The molecule has 0 bridgehead atoms. The molecule has 0 aliphatic rings. The largest absolute Gasteiger partial charge is 0.875 e. The Morgan fingerprint density at radius 3 is 2.37 bits per heavy atom. The number of methoxy groups -OCH3 is 1. The Labute approximate surface area is 115 Å². The van der Waals surface area contributed by atoms with Crippen molar-refractivity contribution >= 4 is 23.5 Å². The molecule has 0 spiro atoms. The van der Waals surface area contributed by atoms with Crippen molar-refractivity contribution in [3.63, 3.8) is 0 Å². The van der Waals surface area contributed by atoms with Gasteiger partial charge in [0.2, 0.25) is 6.10 Å². The number of hydrogen-bond donors (Lipinski definition) is 0. The number of rotatable bonds is 4. The number of allylic oxidation sites excluding steroid dienone is 1. The van der Waals surface area contributed by atoms with Crippen LogP contribution in [0.3, 0.4) is 0 Å². The van der Waals surface area contributed by atoms with Crippen molar-refractivity contribution in [2.75, 3.05) is 7.11 Å². The molecule has 1 aromatic carbocycles. The third-order valence-corrected chi connectivity index (χ3v) is 2.40. The lowest BCUT2D eigenvalue weighted by Crippen LogP contribution is -2.20. The van der Waals surface area contributed by atoms with Crippen LogP contribution in [0.15, 0.2) is 36.1 Å². The van der Waals surface area contributed by atoms with E-state index in [9.17, 15) is 14.7 Å². The van der Waals surface area contributed by atoms with Gasteiger partial charge >= 0.3 is 11.9 Å². The number of carbonyl (C=O) groups excluding carboxylic acids is 2. The van der Waals surface area contributed by atoms with Gasteiger partial charge in [-0.15, -0.1) is 5.76 Å². The second kappa shape index (κ2) is 6.80. The quantitative estimate of drug-likeness (QED) is 0.474. The summed E-state index contributed by atoms with van der Waals surface area (Å²) in [6.07, 6.45) is -0.475. The Kier molecular flexibility index (Phi) is 5.38. The van der Waals surface area contributed by atoms with E-state index in [1.807, 2.05) is 0 Å². The van der Waals surface area contributed by atoms with Crippen LogP contribution in [0, 0.1) is 0 Å². The molecule has 0 amide bonds. The van der Waals surface area contributed by atoms with Gasteiger partial charge in [-0.3, -0.25) is 0 Å². The predicted octanol–water partition coefficient (Wildman–Crippen LogP) is 1.36. The molecule has 1 atom stereocenters. The molecule has 0 saturated carbocycles. The van der Waals surface area contributed by atoms with Crippen LogP contribution < -0.4 is 5.11 Å². The lowest BCUT2D eigenvalue weighted by atomic mass is 10.1. The van der Waals surface area contributed by atoms with Crippen molar-refractivity contribution in [3.05, 3.63) is 46.7 Å². The lowest BCUT2D eigenvalue weighted by molar-refractivity contribution is -0.302. The van der Waals surface area contributed by atoms with E-state index in [2.05, 4.69) is 4.74 Å². The second-order valence-electron chi connectivity index (χ2n) is 3.65. The maximum Gasteiger partial charge on any atom is 0.351 e. The highest BCUT2D eigenvalue weighted by Gasteiger charge is 2.25. The molecule has 1 unspecified atom stereocenters. The topological polar surface area (TPSA) is 75.7 Å². The van der Waals surface area contributed by atoms with Gasteiger partial charge in [-0.1, -0.05) is 30.7 Å². The van der Waals surface area contributed by atoms with Crippen LogP contribution in [0.1, 0.15) is 18.6 Å². The molecule has 0 aliphatic heterocycles. The van der Waals surface area contributed by atoms with Crippen molar-refractivity contribution in [1.82, 2.24) is 0 Å². The van der Waals surface area contributed by atoms with E-state index in [0.29, 0.717) is 10.6 Å². The molecule has 5 nitrogen and oxygen atoms in total. The highest BCUT2D eigenvalue weighted by molar-refractivity contribution is 6.30. The minimum Gasteiger partial charge on any atom is -0.875 e. The standard InChI is InChI=1S/C13H13ClO5/c1-8(15)7-11(16)19-12(13(17)18-2)9-3-5-10(14)6-4-9/h3-7,12,15H,1-2H3/p-1/b8-7-. The molecule has 0 radical (unpaired) electrons. The van der Waals surface area contributed by atoms with Crippen LogP contribution >= 0.6 is 11.6 Å². The molecule has 102 valence electrons. The Morgan fingerprint density at radius 1 is 1.32 bits per heavy atom. The van der Waals surface area contributed by atoms with Gasteiger partial charge in [0.15, 0.2) is 0 Å². The van der Waals surface area contributed by atoms with E-state index in [-0.39, 0.29) is 0 Å². The van der Waals surface area contributed by atoms with Gasteiger partial charge < -0.3 is 14.6 Å². The average Bonchev–Trinajstić information content (AvgIpc) is 2.35. The summed E-state index contributed by atoms with van der Waals surface area (Å²) in [5.74, 6) is -2.12. The van der Waals surface area contributed by atoms with Crippen LogP contribution in [0.25, 0.3) is 0 Å². The van der Waals surface area contributed by atoms with Crippen molar-refractivity contribution in [2.24, 2.45) is 0 Å². The number of halogens is 1. The third kappa shape index (κ3) is 4.63. The van der Waals surface area contributed by atoms with Gasteiger partial charge in [-0.25, -0.2) is 9.59 Å². The summed E-state index contributed by atoms with van der Waals surface area (Å²) in [5, 5.41) is 11.2. The summed E-state index contributed by atoms with van der Waals surface area (Å²) < 4.78 is 9.46. The van der Waals surface area contributed by atoms with E-state index in [1.165, 1.54) is 26.2 Å². The van der Waals surface area contributed by atoms with Gasteiger partial charge in [-0.2, -0.15) is 0 Å². The molecule has 0 aliphatic carbocycles. The normalized spacial score (nSPS) is 12.7. The predicted molar refractivity (Wildman–Crippen MR) is 66.1 cm³/mol. The number of hydrogen-bond acceptors (Lipinski definition) is 5. The van der Waals surface area contributed by atoms with E-state index >= 15 is 0 Å². The molecule has 0 fully saturated rings. The molecule has 1 rings (SSSR count). The summed E-state index contributed by atoms with van der Waals surface area (Å²) in [6.45, 7) is 1.21. The van der Waals surface area contributed by atoms with Crippen molar-refractivity contribution < 1.29 is 24.2 Å². The van der Waals surface area contributed by atoms with Crippen LogP contribution in [-0.2, 0) is 19.1 Å². The molecule has 0 saturated heterocycles. The first kappa shape index (κ1) is 15.0. The smallest absolute Gasteiger partial charge is 0.351 e. The first-order valence-corrected chi connectivity index (χ1v) is 5.71. The third-order valence-electron chi connectivity index (χ3n) is 2.14. The minimum atomic E-state index is -1.23. The minimum absolute atomic E-state index is 0.404. The van der Waals surface area contributed by atoms with Crippen molar-refractivity contribution in [3.8, 4) is 0 Å². The van der Waals surface area contributed by atoms with Crippen LogP contribution in [-0.4, -0.2) is 19.0 Å². The lowest BCUT2D eigenvalue weighted by Gasteiger charge is -2.15. The highest BCUT2D eigenvalue weighted by Crippen LogP contribution is 2.21. The van der Waals surface area contributed by atoms with Crippen LogP contribution in [0.5, 0.6) is 0 Å². The molecular weight excluding hydrogens is 272 g/mol. The van der Waals surface area contributed by atoms with Gasteiger partial charge in [0.05, 0.1) is 7.11 Å². The summed E-state index contributed by atoms with van der Waals surface area (Å²) in [7, 11) is 1.17. The fraction of sp³-hybridized carbons (Fsp3) is 0.231. The van der Waals surface area contributed by atoms with Gasteiger partial charge in [-0.05, 0) is 12.1 Å². The first-order chi connectivity index (χ1) is 8.93. The zero-order chi connectivity index (χ0) is 14.4. The molecule has 0 heterocycles. The van der Waals surface area contributed by atoms with E-state index < -0.39 is 23.8 Å². The summed E-state index contributed by atoms with van der Waals surface area (Å²) in [4.78, 5) is 23.0. The fourth-order valence-corrected chi connectivity index (χ4v) is 1.44. The van der Waals surface area contributed by atoms with Gasteiger partial charge in [0.1, 0.15) is 0 Å². The van der Waals surface area contributed by atoms with Crippen molar-refractivity contribution in [1.29, 1.82) is 0 Å². The number of ether oxygens (including phenoxy) is 2. The Bertz CT molecular complexity index is 488. The Hall–Kier alpha value is -2.01. The highest BCUT2D eigenvalue weighted by atomic mass is 35.5. The molecule has 0 N–H and O–H groups in total. The maximum atomic E-state index is 11.6. The zero-order valence-electron chi connectivity index (χ0n) is 10.4. The number of esters is 2. The monoisotopic (exact) mass is 283 g/mol. The summed E-state index contributed by atoms with van der Waals surface area (Å²) >= 11 is 5.73.